The first-order chi connectivity index (χ1) is 5.24. The average molecular weight is 156 g/mol. The Balaban J connectivity index is 2.23. The lowest BCUT2D eigenvalue weighted by Crippen LogP contribution is -2.07. The van der Waals surface area contributed by atoms with E-state index in [0.29, 0.717) is 0 Å². The Labute approximate surface area is 70.1 Å². The monoisotopic (exact) mass is 156 g/mol. The zero-order valence-corrected chi connectivity index (χ0v) is 7.97. The van der Waals surface area contributed by atoms with Gasteiger partial charge in [0.1, 0.15) is 0 Å². The van der Waals surface area contributed by atoms with E-state index in [4.69, 9.17) is 4.74 Å². The van der Waals surface area contributed by atoms with Crippen LogP contribution in [0.5, 0.6) is 0 Å². The van der Waals surface area contributed by atoms with Crippen LogP contribution in [0.1, 0.15) is 33.1 Å². The highest BCUT2D eigenvalue weighted by Crippen LogP contribution is 2.35. The van der Waals surface area contributed by atoms with E-state index < -0.39 is 0 Å². The predicted octanol–water partition coefficient (Wildman–Crippen LogP) is 2.71. The van der Waals surface area contributed by atoms with Gasteiger partial charge in [0.25, 0.3) is 0 Å². The number of hydrogen-bond acceptors (Lipinski definition) is 1. The fraction of sp³-hybridized carbons (Fsp3) is 1.00. The number of ether oxygens (including phenoxy) is 1. The molecule has 0 unspecified atom stereocenters. The minimum Gasteiger partial charge on any atom is -0.384 e. The molecule has 0 amide bonds. The molecule has 2 atom stereocenters. The van der Waals surface area contributed by atoms with Crippen molar-refractivity contribution in [2.24, 2.45) is 17.8 Å². The maximum atomic E-state index is 5.15. The maximum absolute atomic E-state index is 5.15. The summed E-state index contributed by atoms with van der Waals surface area (Å²) < 4.78 is 5.15. The third-order valence-corrected chi connectivity index (χ3v) is 2.93. The molecule has 0 radical (unpaired) electrons. The average Bonchev–Trinajstić information content (AvgIpc) is 2.37. The molecule has 1 aliphatic carbocycles. The Bertz CT molecular complexity index is 109. The van der Waals surface area contributed by atoms with E-state index in [1.165, 1.54) is 19.3 Å². The van der Waals surface area contributed by atoms with E-state index in [9.17, 15) is 0 Å². The van der Waals surface area contributed by atoms with Gasteiger partial charge < -0.3 is 4.74 Å². The largest absolute Gasteiger partial charge is 0.384 e. The van der Waals surface area contributed by atoms with Gasteiger partial charge in [-0.3, -0.25) is 0 Å². The molecule has 0 bridgehead atoms. The number of rotatable bonds is 3. The lowest BCUT2D eigenvalue weighted by atomic mass is 9.93. The van der Waals surface area contributed by atoms with Gasteiger partial charge in [0.05, 0.1) is 0 Å². The van der Waals surface area contributed by atoms with Gasteiger partial charge in [-0.1, -0.05) is 13.8 Å². The summed E-state index contributed by atoms with van der Waals surface area (Å²) in [6.45, 7) is 5.64. The highest BCUT2D eigenvalue weighted by molar-refractivity contribution is 4.77. The van der Waals surface area contributed by atoms with Crippen LogP contribution in [0.2, 0.25) is 0 Å². The molecular formula is C10H20O. The molecule has 0 aromatic heterocycles. The molecule has 0 spiro atoms. The van der Waals surface area contributed by atoms with Gasteiger partial charge in [0.15, 0.2) is 0 Å². The van der Waals surface area contributed by atoms with Crippen molar-refractivity contribution in [3.05, 3.63) is 0 Å². The van der Waals surface area contributed by atoms with E-state index >= 15 is 0 Å². The van der Waals surface area contributed by atoms with Crippen LogP contribution in [0.4, 0.5) is 0 Å². The first kappa shape index (κ1) is 9.05. The van der Waals surface area contributed by atoms with Crippen molar-refractivity contribution in [3.63, 3.8) is 0 Å². The molecule has 1 heteroatoms. The van der Waals surface area contributed by atoms with E-state index in [2.05, 4.69) is 13.8 Å². The Morgan fingerprint density at radius 2 is 2.09 bits per heavy atom. The molecule has 1 nitrogen and oxygen atoms in total. The van der Waals surface area contributed by atoms with Crippen LogP contribution in [-0.4, -0.2) is 13.7 Å². The molecule has 0 aliphatic heterocycles. The number of methoxy groups -OCH3 is 1. The second kappa shape index (κ2) is 4.10. The van der Waals surface area contributed by atoms with Gasteiger partial charge >= 0.3 is 0 Å². The smallest absolute Gasteiger partial charge is 0.0490 e. The van der Waals surface area contributed by atoms with Gasteiger partial charge in [-0.2, -0.15) is 0 Å². The van der Waals surface area contributed by atoms with E-state index in [0.717, 1.165) is 24.4 Å². The third kappa shape index (κ3) is 2.48. The molecule has 0 aromatic carbocycles. The second-order valence-corrected chi connectivity index (χ2v) is 4.14. The molecule has 0 heterocycles. The van der Waals surface area contributed by atoms with E-state index in [1.54, 1.807) is 0 Å². The quantitative estimate of drug-likeness (QED) is 0.610. The molecule has 0 N–H and O–H groups in total. The summed E-state index contributed by atoms with van der Waals surface area (Å²) >= 11 is 0. The Hall–Kier alpha value is -0.0400. The van der Waals surface area contributed by atoms with Crippen LogP contribution in [-0.2, 0) is 4.74 Å². The minimum atomic E-state index is 0.854. The van der Waals surface area contributed by atoms with Crippen molar-refractivity contribution < 1.29 is 4.74 Å². The Morgan fingerprint density at radius 3 is 2.55 bits per heavy atom. The molecule has 0 aromatic rings. The number of hydrogen-bond donors (Lipinski definition) is 0. The zero-order chi connectivity index (χ0) is 8.27. The van der Waals surface area contributed by atoms with Gasteiger partial charge in [-0.15, -0.1) is 0 Å². The van der Waals surface area contributed by atoms with E-state index in [1.807, 2.05) is 7.11 Å². The lowest BCUT2D eigenvalue weighted by molar-refractivity contribution is 0.151. The van der Waals surface area contributed by atoms with Crippen LogP contribution in [0.3, 0.4) is 0 Å². The third-order valence-electron chi connectivity index (χ3n) is 2.93. The molecule has 1 saturated carbocycles. The standard InChI is InChI=1S/C10H20O/c1-8(2)10-5-4-9(6-10)7-11-3/h8-10H,4-7H2,1-3H3/t9-,10+/m1/s1. The lowest BCUT2D eigenvalue weighted by Gasteiger charge is -2.13. The van der Waals surface area contributed by atoms with Gasteiger partial charge in [0, 0.05) is 13.7 Å². The van der Waals surface area contributed by atoms with Crippen molar-refractivity contribution in [2.75, 3.05) is 13.7 Å². The fourth-order valence-electron chi connectivity index (χ4n) is 2.11. The zero-order valence-electron chi connectivity index (χ0n) is 7.97. The highest BCUT2D eigenvalue weighted by Gasteiger charge is 2.26. The van der Waals surface area contributed by atoms with Gasteiger partial charge in [-0.05, 0) is 37.0 Å². The molecule has 1 fully saturated rings. The van der Waals surface area contributed by atoms with Crippen molar-refractivity contribution in [1.82, 2.24) is 0 Å². The first-order valence-electron chi connectivity index (χ1n) is 4.73. The molecular weight excluding hydrogens is 136 g/mol. The summed E-state index contributed by atoms with van der Waals surface area (Å²) in [5.41, 5.74) is 0. The first-order valence-corrected chi connectivity index (χ1v) is 4.73. The van der Waals surface area contributed by atoms with E-state index in [-0.39, 0.29) is 0 Å². The maximum Gasteiger partial charge on any atom is 0.0490 e. The second-order valence-electron chi connectivity index (χ2n) is 4.14. The van der Waals surface area contributed by atoms with Gasteiger partial charge in [-0.25, -0.2) is 0 Å². The summed E-state index contributed by atoms with van der Waals surface area (Å²) in [6, 6.07) is 0. The predicted molar refractivity (Wildman–Crippen MR) is 47.5 cm³/mol. The molecule has 66 valence electrons. The molecule has 0 saturated heterocycles. The topological polar surface area (TPSA) is 9.23 Å². The van der Waals surface area contributed by atoms with Crippen molar-refractivity contribution >= 4 is 0 Å². The van der Waals surface area contributed by atoms with Crippen molar-refractivity contribution in [1.29, 1.82) is 0 Å². The summed E-state index contributed by atoms with van der Waals surface area (Å²) in [4.78, 5) is 0. The van der Waals surface area contributed by atoms with Crippen LogP contribution < -0.4 is 0 Å². The minimum absolute atomic E-state index is 0.854. The SMILES string of the molecule is COC[C@@H]1CC[C@H](C(C)C)C1. The molecule has 1 rings (SSSR count). The fourth-order valence-corrected chi connectivity index (χ4v) is 2.11. The Kier molecular flexibility index (Phi) is 3.38. The van der Waals surface area contributed by atoms with Crippen LogP contribution in [0, 0.1) is 17.8 Å². The Morgan fingerprint density at radius 1 is 1.36 bits per heavy atom. The summed E-state index contributed by atoms with van der Waals surface area (Å²) in [6.07, 6.45) is 4.20. The highest BCUT2D eigenvalue weighted by atomic mass is 16.5. The van der Waals surface area contributed by atoms with Crippen LogP contribution in [0.15, 0.2) is 0 Å². The molecule has 1 aliphatic rings. The van der Waals surface area contributed by atoms with Gasteiger partial charge in [0.2, 0.25) is 0 Å². The normalized spacial score (nSPS) is 31.6. The van der Waals surface area contributed by atoms with Crippen LogP contribution in [0.25, 0.3) is 0 Å². The summed E-state index contributed by atoms with van der Waals surface area (Å²) in [5, 5.41) is 0. The van der Waals surface area contributed by atoms with Crippen LogP contribution >= 0.6 is 0 Å². The van der Waals surface area contributed by atoms with Crippen molar-refractivity contribution in [2.45, 2.75) is 33.1 Å². The summed E-state index contributed by atoms with van der Waals surface area (Å²) in [5.74, 6) is 2.69. The van der Waals surface area contributed by atoms with Crippen molar-refractivity contribution in [3.8, 4) is 0 Å². The summed E-state index contributed by atoms with van der Waals surface area (Å²) in [7, 11) is 1.81. The molecule has 11 heavy (non-hydrogen) atoms.